The molecule has 2 aromatic rings. The Morgan fingerprint density at radius 2 is 1.00 bits per heavy atom. The van der Waals surface area contributed by atoms with Gasteiger partial charge in [0.15, 0.2) is 19.0 Å². The van der Waals surface area contributed by atoms with Crippen molar-refractivity contribution in [2.24, 2.45) is 0 Å². The van der Waals surface area contributed by atoms with Gasteiger partial charge in [0.2, 0.25) is 0 Å². The number of carbonyl (C=O) groups is 3. The number of ether oxygens (including phenoxy) is 2. The van der Waals surface area contributed by atoms with Crippen LogP contribution in [0.3, 0.4) is 0 Å². The van der Waals surface area contributed by atoms with Gasteiger partial charge in [0.25, 0.3) is 0 Å². The van der Waals surface area contributed by atoms with Gasteiger partial charge in [0.05, 0.1) is 0 Å². The molecule has 0 aliphatic rings. The molecule has 0 amide bonds. The number of Topliss-reactive ketones (excluding diaryl/α,β-unsaturated/α-hetero) is 1. The summed E-state index contributed by atoms with van der Waals surface area (Å²) in [5.74, 6) is -2.29. The Hall–Kier alpha value is -3.43. The molecule has 0 fully saturated rings. The van der Waals surface area contributed by atoms with Gasteiger partial charge >= 0.3 is 11.9 Å². The minimum atomic E-state index is -1.86. The summed E-state index contributed by atoms with van der Waals surface area (Å²) in [6.07, 6.45) is -0.133. The number of hydrogen-bond donors (Lipinski definition) is 4. The van der Waals surface area contributed by atoms with Crippen molar-refractivity contribution < 1.29 is 44.3 Å². The normalized spacial score (nSPS) is 14.6. The summed E-state index contributed by atoms with van der Waals surface area (Å²) in [6.45, 7) is 1.68. The first-order valence-corrected chi connectivity index (χ1v) is 9.76. The smallest absolute Gasteiger partial charge is 0.341 e. The molecule has 0 heterocycles. The molecular weight excluding hydrogens is 420 g/mol. The number of rotatable bonds is 12. The highest BCUT2D eigenvalue weighted by atomic mass is 16.5. The average Bonchev–Trinajstić information content (AvgIpc) is 2.71. The van der Waals surface area contributed by atoms with E-state index in [9.17, 15) is 24.6 Å². The van der Waals surface area contributed by atoms with Crippen molar-refractivity contribution in [2.75, 3.05) is 13.2 Å². The highest BCUT2D eigenvalue weighted by Gasteiger charge is 2.42. The van der Waals surface area contributed by atoms with E-state index in [2.05, 4.69) is 0 Å². The Balaban J connectivity index is 2.02. The quantitative estimate of drug-likeness (QED) is 0.380. The van der Waals surface area contributed by atoms with Crippen molar-refractivity contribution in [3.63, 3.8) is 0 Å². The largest absolute Gasteiger partial charge is 0.482 e. The molecule has 2 aromatic carbocycles. The second-order valence-electron chi connectivity index (χ2n) is 7.88. The summed E-state index contributed by atoms with van der Waals surface area (Å²) < 4.78 is 10.1. The Kier molecular flexibility index (Phi) is 7.96. The van der Waals surface area contributed by atoms with Crippen molar-refractivity contribution >= 4 is 17.7 Å². The van der Waals surface area contributed by atoms with E-state index in [0.717, 1.165) is 0 Å². The summed E-state index contributed by atoms with van der Waals surface area (Å²) in [4.78, 5) is 34.0. The SMILES string of the molecule is CC(O)(Cc1ccc(OCC(=O)O)cc1)C(=O)C(C)(O)Cc1ccc(OCC(=O)O)cc1. The van der Waals surface area contributed by atoms with Crippen LogP contribution in [0.1, 0.15) is 25.0 Å². The van der Waals surface area contributed by atoms with Gasteiger partial charge in [0, 0.05) is 12.8 Å². The molecule has 0 bridgehead atoms. The lowest BCUT2D eigenvalue weighted by molar-refractivity contribution is -0.153. The van der Waals surface area contributed by atoms with Crippen LogP contribution >= 0.6 is 0 Å². The van der Waals surface area contributed by atoms with Crippen molar-refractivity contribution in [2.45, 2.75) is 37.9 Å². The van der Waals surface area contributed by atoms with Crippen LogP contribution in [-0.4, -0.2) is 62.6 Å². The summed E-state index contributed by atoms with van der Waals surface area (Å²) in [6, 6.07) is 12.5. The number of aliphatic carboxylic acids is 2. The lowest BCUT2D eigenvalue weighted by Crippen LogP contribution is -2.52. The number of carbonyl (C=O) groups excluding carboxylic acids is 1. The van der Waals surface area contributed by atoms with E-state index in [0.29, 0.717) is 22.6 Å². The molecule has 0 aromatic heterocycles. The van der Waals surface area contributed by atoms with Crippen molar-refractivity contribution in [1.82, 2.24) is 0 Å². The number of carboxylic acid groups (broad SMARTS) is 2. The molecule has 0 saturated heterocycles. The predicted molar refractivity (Wildman–Crippen MR) is 113 cm³/mol. The molecule has 9 nitrogen and oxygen atoms in total. The standard InChI is InChI=1S/C23H26O9/c1-22(29,11-15-3-7-17(8-4-15)31-13-19(24)25)21(28)23(2,30)12-16-5-9-18(10-6-16)32-14-20(26)27/h3-10,29-30H,11-14H2,1-2H3,(H,24,25)(H,26,27). The lowest BCUT2D eigenvalue weighted by Gasteiger charge is -2.31. The van der Waals surface area contributed by atoms with E-state index in [1.807, 2.05) is 0 Å². The maximum absolute atomic E-state index is 12.9. The van der Waals surface area contributed by atoms with E-state index in [1.54, 1.807) is 24.3 Å². The maximum atomic E-state index is 12.9. The minimum absolute atomic E-state index is 0.0663. The molecule has 4 N–H and O–H groups in total. The van der Waals surface area contributed by atoms with Crippen LogP contribution in [0.5, 0.6) is 11.5 Å². The molecule has 0 aliphatic carbocycles. The van der Waals surface area contributed by atoms with E-state index in [-0.39, 0.29) is 12.8 Å². The van der Waals surface area contributed by atoms with Gasteiger partial charge in [-0.15, -0.1) is 0 Å². The van der Waals surface area contributed by atoms with E-state index < -0.39 is 42.1 Å². The molecule has 172 valence electrons. The first-order chi connectivity index (χ1) is 14.9. The second-order valence-corrected chi connectivity index (χ2v) is 7.88. The van der Waals surface area contributed by atoms with Crippen LogP contribution in [0.2, 0.25) is 0 Å². The molecule has 0 radical (unpaired) electrons. The second kappa shape index (κ2) is 10.3. The van der Waals surface area contributed by atoms with Gasteiger partial charge < -0.3 is 29.9 Å². The molecule has 0 spiro atoms. The molecule has 0 aliphatic heterocycles. The van der Waals surface area contributed by atoms with Crippen LogP contribution in [0.25, 0.3) is 0 Å². The topological polar surface area (TPSA) is 151 Å². The number of carboxylic acids is 2. The number of benzene rings is 2. The summed E-state index contributed by atoms with van der Waals surface area (Å²) in [5, 5.41) is 38.8. The minimum Gasteiger partial charge on any atom is -0.482 e. The molecule has 2 rings (SSSR count). The maximum Gasteiger partial charge on any atom is 0.341 e. The van der Waals surface area contributed by atoms with Gasteiger partial charge in [-0.05, 0) is 49.2 Å². The molecule has 0 saturated carbocycles. The van der Waals surface area contributed by atoms with Crippen molar-refractivity contribution in [3.05, 3.63) is 59.7 Å². The van der Waals surface area contributed by atoms with Gasteiger partial charge in [-0.25, -0.2) is 9.59 Å². The Bertz CT molecular complexity index is 867. The number of hydrogen-bond acceptors (Lipinski definition) is 7. The highest BCUT2D eigenvalue weighted by molar-refractivity contribution is 5.94. The van der Waals surface area contributed by atoms with Crippen LogP contribution in [-0.2, 0) is 27.2 Å². The molecular formula is C23H26O9. The van der Waals surface area contributed by atoms with Crippen molar-refractivity contribution in [3.8, 4) is 11.5 Å². The Morgan fingerprint density at radius 3 is 1.28 bits per heavy atom. The molecule has 2 unspecified atom stereocenters. The van der Waals surface area contributed by atoms with Crippen LogP contribution in [0, 0.1) is 0 Å². The third kappa shape index (κ3) is 7.36. The van der Waals surface area contributed by atoms with Crippen LogP contribution in [0.15, 0.2) is 48.5 Å². The molecule has 32 heavy (non-hydrogen) atoms. The first kappa shape index (κ1) is 24.8. The zero-order chi connectivity index (χ0) is 23.9. The van der Waals surface area contributed by atoms with E-state index >= 15 is 0 Å². The first-order valence-electron chi connectivity index (χ1n) is 9.76. The summed E-state index contributed by atoms with van der Waals surface area (Å²) >= 11 is 0. The van der Waals surface area contributed by atoms with E-state index in [1.165, 1.54) is 38.1 Å². The average molecular weight is 446 g/mol. The van der Waals surface area contributed by atoms with Gasteiger partial charge in [-0.1, -0.05) is 24.3 Å². The van der Waals surface area contributed by atoms with Crippen molar-refractivity contribution in [1.29, 1.82) is 0 Å². The van der Waals surface area contributed by atoms with Crippen LogP contribution < -0.4 is 9.47 Å². The zero-order valence-electron chi connectivity index (χ0n) is 17.8. The summed E-state index contributed by atoms with van der Waals surface area (Å²) in [5.41, 5.74) is -2.53. The third-order valence-corrected chi connectivity index (χ3v) is 4.65. The molecule has 2 atom stereocenters. The zero-order valence-corrected chi connectivity index (χ0v) is 17.8. The fraction of sp³-hybridized carbons (Fsp3) is 0.348. The lowest BCUT2D eigenvalue weighted by atomic mass is 9.80. The number of aliphatic hydroxyl groups is 2. The molecule has 9 heteroatoms. The number of ketones is 1. The summed E-state index contributed by atoms with van der Waals surface area (Å²) in [7, 11) is 0. The monoisotopic (exact) mass is 446 g/mol. The predicted octanol–water partition coefficient (Wildman–Crippen LogP) is 1.47. The fourth-order valence-corrected chi connectivity index (χ4v) is 3.23. The highest BCUT2D eigenvalue weighted by Crippen LogP contribution is 2.26. The Labute approximate surface area is 184 Å². The van der Waals surface area contributed by atoms with Crippen LogP contribution in [0.4, 0.5) is 0 Å². The third-order valence-electron chi connectivity index (χ3n) is 4.65. The van der Waals surface area contributed by atoms with Gasteiger partial charge in [-0.2, -0.15) is 0 Å². The Morgan fingerprint density at radius 1 is 0.688 bits per heavy atom. The van der Waals surface area contributed by atoms with Gasteiger partial charge in [0.1, 0.15) is 22.7 Å². The fourth-order valence-electron chi connectivity index (χ4n) is 3.23. The van der Waals surface area contributed by atoms with E-state index in [4.69, 9.17) is 19.7 Å². The van der Waals surface area contributed by atoms with Gasteiger partial charge in [-0.3, -0.25) is 4.79 Å².